The van der Waals surface area contributed by atoms with Crippen molar-refractivity contribution in [2.45, 2.75) is 24.5 Å². The van der Waals surface area contributed by atoms with Crippen LogP contribution in [-0.4, -0.2) is 73.1 Å². The van der Waals surface area contributed by atoms with E-state index in [1.165, 1.54) is 10.9 Å². The van der Waals surface area contributed by atoms with Gasteiger partial charge >= 0.3 is 0 Å². The normalized spacial score (nSPS) is 24.0. The SMILES string of the molecule is COc1ccc(C=NNc2nc3c(N)ncnc3n2[C@@H]2O[C@H](CO)[C@@H](O)[C@H]2O)cc1. The van der Waals surface area contributed by atoms with Crippen LogP contribution in [0.5, 0.6) is 5.75 Å². The van der Waals surface area contributed by atoms with Crippen molar-refractivity contribution in [1.29, 1.82) is 0 Å². The Balaban J connectivity index is 1.68. The lowest BCUT2D eigenvalue weighted by atomic mass is 10.1. The third-order valence-corrected chi connectivity index (χ3v) is 4.77. The van der Waals surface area contributed by atoms with Crippen molar-refractivity contribution in [2.75, 3.05) is 24.9 Å². The molecule has 6 N–H and O–H groups in total. The zero-order valence-electron chi connectivity index (χ0n) is 16.0. The smallest absolute Gasteiger partial charge is 0.228 e. The van der Waals surface area contributed by atoms with Crippen LogP contribution in [-0.2, 0) is 4.74 Å². The number of hydrogen-bond donors (Lipinski definition) is 5. The van der Waals surface area contributed by atoms with Gasteiger partial charge in [0.05, 0.1) is 19.9 Å². The van der Waals surface area contributed by atoms with Crippen molar-refractivity contribution in [2.24, 2.45) is 5.10 Å². The van der Waals surface area contributed by atoms with Crippen LogP contribution in [0.2, 0.25) is 0 Å². The second kappa shape index (κ2) is 8.20. The van der Waals surface area contributed by atoms with E-state index in [1.807, 2.05) is 12.1 Å². The highest BCUT2D eigenvalue weighted by molar-refractivity contribution is 5.84. The first-order chi connectivity index (χ1) is 14.5. The van der Waals surface area contributed by atoms with Gasteiger partial charge in [-0.1, -0.05) is 0 Å². The molecule has 158 valence electrons. The summed E-state index contributed by atoms with van der Waals surface area (Å²) in [6.07, 6.45) is -1.83. The zero-order valence-corrected chi connectivity index (χ0v) is 16.0. The molecule has 0 unspecified atom stereocenters. The number of benzene rings is 1. The van der Waals surface area contributed by atoms with E-state index < -0.39 is 31.1 Å². The predicted molar refractivity (Wildman–Crippen MR) is 107 cm³/mol. The highest BCUT2D eigenvalue weighted by Crippen LogP contribution is 2.35. The molecule has 4 atom stereocenters. The lowest BCUT2D eigenvalue weighted by Crippen LogP contribution is -2.33. The Morgan fingerprint density at radius 1 is 1.27 bits per heavy atom. The summed E-state index contributed by atoms with van der Waals surface area (Å²) in [5.74, 6) is 1.02. The van der Waals surface area contributed by atoms with Gasteiger partial charge < -0.3 is 30.5 Å². The lowest BCUT2D eigenvalue weighted by Gasteiger charge is -2.18. The number of ether oxygens (including phenoxy) is 2. The van der Waals surface area contributed by atoms with Crippen LogP contribution in [0, 0.1) is 0 Å². The number of rotatable bonds is 6. The summed E-state index contributed by atoms with van der Waals surface area (Å²) in [5.41, 5.74) is 10.0. The first kappa shape index (κ1) is 20.0. The standard InChI is InChI=1S/C18H21N7O5/c1-29-10-4-2-9(3-5-10)6-22-24-18-23-12-15(19)20-8-21-16(12)25(18)17-14(28)13(27)11(7-26)30-17/h2-6,8,11,13-14,17,26-28H,7H2,1H3,(H,23,24)(H2,19,20,21)/t11-,13-,14-,17-/m1/s1. The van der Waals surface area contributed by atoms with Crippen LogP contribution in [0.1, 0.15) is 11.8 Å². The van der Waals surface area contributed by atoms with Gasteiger partial charge in [-0.3, -0.25) is 4.57 Å². The minimum atomic E-state index is -1.33. The molecule has 0 amide bonds. The van der Waals surface area contributed by atoms with Crippen LogP contribution in [0.15, 0.2) is 35.7 Å². The van der Waals surface area contributed by atoms with Crippen LogP contribution in [0.4, 0.5) is 11.8 Å². The molecule has 1 saturated heterocycles. The molecule has 1 fully saturated rings. The maximum atomic E-state index is 10.4. The Bertz CT molecular complexity index is 1060. The lowest BCUT2D eigenvalue weighted by molar-refractivity contribution is -0.0501. The summed E-state index contributed by atoms with van der Waals surface area (Å²) in [5, 5.41) is 34.1. The van der Waals surface area contributed by atoms with Crippen molar-refractivity contribution in [1.82, 2.24) is 19.5 Å². The summed E-state index contributed by atoms with van der Waals surface area (Å²) in [4.78, 5) is 12.4. The van der Waals surface area contributed by atoms with E-state index in [1.54, 1.807) is 25.5 Å². The number of nitrogens with one attached hydrogen (secondary N) is 1. The van der Waals surface area contributed by atoms with Gasteiger partial charge in [-0.2, -0.15) is 5.10 Å². The number of aromatic nitrogens is 4. The topological polar surface area (TPSA) is 173 Å². The molecular weight excluding hydrogens is 394 g/mol. The molecule has 30 heavy (non-hydrogen) atoms. The average molecular weight is 415 g/mol. The number of hydrogen-bond acceptors (Lipinski definition) is 11. The van der Waals surface area contributed by atoms with Gasteiger partial charge in [-0.15, -0.1) is 0 Å². The fraction of sp³-hybridized carbons (Fsp3) is 0.333. The number of nitrogen functional groups attached to an aromatic ring is 1. The molecule has 1 aliphatic rings. The van der Waals surface area contributed by atoms with Crippen molar-refractivity contribution in [3.63, 3.8) is 0 Å². The van der Waals surface area contributed by atoms with Gasteiger partial charge in [0.15, 0.2) is 23.2 Å². The second-order valence-corrected chi connectivity index (χ2v) is 6.61. The van der Waals surface area contributed by atoms with Gasteiger partial charge in [0.2, 0.25) is 5.95 Å². The molecule has 4 rings (SSSR count). The molecule has 3 heterocycles. The molecule has 1 aliphatic heterocycles. The van der Waals surface area contributed by atoms with Gasteiger partial charge in [-0.05, 0) is 29.8 Å². The number of nitrogens with zero attached hydrogens (tertiary/aromatic N) is 5. The van der Waals surface area contributed by atoms with Crippen LogP contribution in [0.3, 0.4) is 0 Å². The number of nitrogens with two attached hydrogens (primary N) is 1. The number of fused-ring (bicyclic) bond motifs is 1. The number of anilines is 2. The van der Waals surface area contributed by atoms with Gasteiger partial charge in [0, 0.05) is 0 Å². The molecule has 0 bridgehead atoms. The number of imidazole rings is 1. The fourth-order valence-corrected chi connectivity index (χ4v) is 3.19. The van der Waals surface area contributed by atoms with Crippen molar-refractivity contribution in [3.05, 3.63) is 36.2 Å². The molecule has 0 radical (unpaired) electrons. The summed E-state index contributed by atoms with van der Waals surface area (Å²) in [7, 11) is 1.58. The first-order valence-corrected chi connectivity index (χ1v) is 9.07. The Morgan fingerprint density at radius 3 is 2.70 bits per heavy atom. The van der Waals surface area contributed by atoms with Gasteiger partial charge in [0.1, 0.15) is 30.4 Å². The molecule has 2 aromatic heterocycles. The van der Waals surface area contributed by atoms with Crippen molar-refractivity contribution in [3.8, 4) is 5.75 Å². The molecule has 0 spiro atoms. The third-order valence-electron chi connectivity index (χ3n) is 4.77. The van der Waals surface area contributed by atoms with Gasteiger partial charge in [-0.25, -0.2) is 20.4 Å². The van der Waals surface area contributed by atoms with Crippen LogP contribution >= 0.6 is 0 Å². The number of hydrazone groups is 1. The van der Waals surface area contributed by atoms with Crippen molar-refractivity contribution < 1.29 is 24.8 Å². The van der Waals surface area contributed by atoms with Crippen LogP contribution in [0.25, 0.3) is 11.2 Å². The molecule has 0 aliphatic carbocycles. The molecular formula is C18H21N7O5. The molecule has 12 nitrogen and oxygen atoms in total. The van der Waals surface area contributed by atoms with E-state index in [0.29, 0.717) is 0 Å². The quantitative estimate of drug-likeness (QED) is 0.260. The minimum absolute atomic E-state index is 0.132. The maximum absolute atomic E-state index is 10.4. The summed E-state index contributed by atoms with van der Waals surface area (Å²) in [6.45, 7) is -0.461. The fourth-order valence-electron chi connectivity index (χ4n) is 3.19. The Kier molecular flexibility index (Phi) is 5.46. The average Bonchev–Trinajstić information content (AvgIpc) is 3.26. The van der Waals surface area contributed by atoms with Crippen molar-refractivity contribution >= 4 is 29.1 Å². The summed E-state index contributed by atoms with van der Waals surface area (Å²) in [6, 6.07) is 7.24. The molecule has 12 heteroatoms. The highest BCUT2D eigenvalue weighted by atomic mass is 16.6. The predicted octanol–water partition coefficient (Wildman–Crippen LogP) is -0.525. The van der Waals surface area contributed by atoms with Crippen LogP contribution < -0.4 is 15.9 Å². The van der Waals surface area contributed by atoms with E-state index in [9.17, 15) is 15.3 Å². The van der Waals surface area contributed by atoms with E-state index in [0.717, 1.165) is 11.3 Å². The Morgan fingerprint density at radius 2 is 2.03 bits per heavy atom. The van der Waals surface area contributed by atoms with E-state index >= 15 is 0 Å². The minimum Gasteiger partial charge on any atom is -0.497 e. The molecule has 3 aromatic rings. The number of methoxy groups -OCH3 is 1. The van der Waals surface area contributed by atoms with E-state index in [-0.39, 0.29) is 22.9 Å². The monoisotopic (exact) mass is 415 g/mol. The third kappa shape index (κ3) is 3.52. The zero-order chi connectivity index (χ0) is 21.3. The largest absolute Gasteiger partial charge is 0.497 e. The summed E-state index contributed by atoms with van der Waals surface area (Å²) >= 11 is 0. The number of aliphatic hydroxyl groups is 3. The second-order valence-electron chi connectivity index (χ2n) is 6.61. The maximum Gasteiger partial charge on any atom is 0.228 e. The molecule has 1 aromatic carbocycles. The number of aliphatic hydroxyl groups excluding tert-OH is 3. The highest BCUT2D eigenvalue weighted by Gasteiger charge is 2.45. The Labute approximate surface area is 170 Å². The van der Waals surface area contributed by atoms with E-state index in [2.05, 4.69) is 25.5 Å². The summed E-state index contributed by atoms with van der Waals surface area (Å²) < 4.78 is 12.2. The molecule has 0 saturated carbocycles. The Hall–Kier alpha value is -3.32. The van der Waals surface area contributed by atoms with Gasteiger partial charge in [0.25, 0.3) is 0 Å². The first-order valence-electron chi connectivity index (χ1n) is 9.07. The van der Waals surface area contributed by atoms with E-state index in [4.69, 9.17) is 15.2 Å².